The number of unbranched alkanes of at least 4 members (excludes halogenated alkanes) is 19. The van der Waals surface area contributed by atoms with Crippen LogP contribution in [0, 0.1) is 11.3 Å². The van der Waals surface area contributed by atoms with Crippen LogP contribution in [0.1, 0.15) is 174 Å². The SMILES string of the molecule is CC[C@@H](O)[C@@H](O)[C@H](COC1OC(CO)C(O)C(O)C1O)NC(=O)CCCCCCCCCCCCCCCCCCCCCCC12CC(F)(C1)[C@@H]2C. The van der Waals surface area contributed by atoms with Crippen molar-refractivity contribution in [1.82, 2.24) is 5.32 Å². The van der Waals surface area contributed by atoms with E-state index in [0.717, 1.165) is 32.1 Å². The molecule has 5 unspecified atom stereocenters. The minimum atomic E-state index is -1.60. The van der Waals surface area contributed by atoms with Crippen molar-refractivity contribution in [2.24, 2.45) is 11.3 Å². The molecule has 7 N–H and O–H groups in total. The summed E-state index contributed by atoms with van der Waals surface area (Å²) in [6, 6.07) is -0.990. The van der Waals surface area contributed by atoms with E-state index in [9.17, 15) is 39.8 Å². The van der Waals surface area contributed by atoms with Gasteiger partial charge in [0.15, 0.2) is 6.29 Å². The first-order chi connectivity index (χ1) is 25.0. The molecule has 52 heavy (non-hydrogen) atoms. The second kappa shape index (κ2) is 23.9. The smallest absolute Gasteiger partial charge is 0.220 e. The maximum Gasteiger partial charge on any atom is 0.220 e. The molecule has 4 aliphatic rings. The topological polar surface area (TPSA) is 169 Å². The van der Waals surface area contributed by atoms with Crippen LogP contribution in [0.3, 0.4) is 0 Å². The van der Waals surface area contributed by atoms with Crippen molar-refractivity contribution in [1.29, 1.82) is 0 Å². The van der Waals surface area contributed by atoms with Crippen molar-refractivity contribution in [2.75, 3.05) is 13.2 Å². The maximum atomic E-state index is 14.0. The number of hydrogen-bond donors (Lipinski definition) is 7. The highest BCUT2D eigenvalue weighted by Gasteiger charge is 2.73. The van der Waals surface area contributed by atoms with Crippen LogP contribution in [0.4, 0.5) is 4.39 Å². The molecule has 1 saturated heterocycles. The van der Waals surface area contributed by atoms with Crippen molar-refractivity contribution in [3.05, 3.63) is 0 Å². The molecule has 306 valence electrons. The van der Waals surface area contributed by atoms with E-state index in [0.29, 0.717) is 17.8 Å². The van der Waals surface area contributed by atoms with Crippen molar-refractivity contribution < 1.29 is 49.3 Å². The van der Waals surface area contributed by atoms with Crippen LogP contribution in [0.5, 0.6) is 0 Å². The number of alkyl halides is 1. The zero-order valence-electron chi connectivity index (χ0n) is 32.6. The molecule has 0 aromatic rings. The summed E-state index contributed by atoms with van der Waals surface area (Å²) in [6.45, 7) is 2.90. The molecule has 3 aliphatic carbocycles. The number of amides is 1. The summed E-state index contributed by atoms with van der Waals surface area (Å²) in [5.74, 6) is 0.0456. The Morgan fingerprint density at radius 1 is 0.769 bits per heavy atom. The van der Waals surface area contributed by atoms with Crippen molar-refractivity contribution in [3.8, 4) is 0 Å². The normalized spacial score (nSPS) is 31.4. The van der Waals surface area contributed by atoms with Gasteiger partial charge in [-0.05, 0) is 43.4 Å². The number of carbonyl (C=O) groups excluding carboxylic acids is 1. The van der Waals surface area contributed by atoms with E-state index in [1.54, 1.807) is 6.92 Å². The van der Waals surface area contributed by atoms with Gasteiger partial charge in [-0.2, -0.15) is 0 Å². The number of ether oxygens (including phenoxy) is 2. The number of halogens is 1. The number of carbonyl (C=O) groups is 1. The summed E-state index contributed by atoms with van der Waals surface area (Å²) in [5.41, 5.74) is -0.373. The van der Waals surface area contributed by atoms with Gasteiger partial charge < -0.3 is 45.4 Å². The third kappa shape index (κ3) is 14.0. The molecule has 2 bridgehead atoms. The Hall–Kier alpha value is -0.920. The maximum absolute atomic E-state index is 14.0. The predicted molar refractivity (Wildman–Crippen MR) is 200 cm³/mol. The number of hydrogen-bond acceptors (Lipinski definition) is 9. The van der Waals surface area contributed by atoms with E-state index in [-0.39, 0.29) is 25.4 Å². The molecule has 11 heteroatoms. The fourth-order valence-corrected chi connectivity index (χ4v) is 8.77. The van der Waals surface area contributed by atoms with Gasteiger partial charge in [0, 0.05) is 6.42 Å². The lowest BCUT2D eigenvalue weighted by Crippen LogP contribution is -2.71. The third-order valence-electron chi connectivity index (χ3n) is 12.7. The van der Waals surface area contributed by atoms with E-state index in [2.05, 4.69) is 12.2 Å². The van der Waals surface area contributed by atoms with E-state index in [4.69, 9.17) is 9.47 Å². The Kier molecular flexibility index (Phi) is 20.9. The van der Waals surface area contributed by atoms with Gasteiger partial charge in [-0.15, -0.1) is 0 Å². The Morgan fingerprint density at radius 2 is 1.23 bits per heavy atom. The van der Waals surface area contributed by atoms with Crippen LogP contribution in [0.2, 0.25) is 0 Å². The van der Waals surface area contributed by atoms with E-state index < -0.39 is 61.2 Å². The van der Waals surface area contributed by atoms with Gasteiger partial charge in [0.2, 0.25) is 5.91 Å². The molecule has 10 nitrogen and oxygen atoms in total. The van der Waals surface area contributed by atoms with Crippen LogP contribution in [0.15, 0.2) is 0 Å². The van der Waals surface area contributed by atoms with Gasteiger partial charge in [-0.3, -0.25) is 4.79 Å². The molecule has 4 rings (SSSR count). The fourth-order valence-electron chi connectivity index (χ4n) is 8.77. The molecule has 1 heterocycles. The van der Waals surface area contributed by atoms with Crippen LogP contribution >= 0.6 is 0 Å². The molecule has 0 aromatic heterocycles. The Morgan fingerprint density at radius 3 is 1.65 bits per heavy atom. The van der Waals surface area contributed by atoms with Crippen molar-refractivity contribution in [2.45, 2.75) is 229 Å². The molecular weight excluding hydrogens is 669 g/mol. The van der Waals surface area contributed by atoms with E-state index >= 15 is 0 Å². The predicted octanol–water partition coefficient (Wildman–Crippen LogP) is 6.14. The van der Waals surface area contributed by atoms with Crippen LogP contribution in [0.25, 0.3) is 0 Å². The summed E-state index contributed by atoms with van der Waals surface area (Å²) in [4.78, 5) is 12.7. The first-order valence-corrected chi connectivity index (χ1v) is 21.2. The number of aliphatic hydroxyl groups is 6. The largest absolute Gasteiger partial charge is 0.394 e. The lowest BCUT2D eigenvalue weighted by molar-refractivity contribution is -0.303. The Bertz CT molecular complexity index is 967. The molecule has 1 amide bonds. The number of rotatable bonds is 31. The summed E-state index contributed by atoms with van der Waals surface area (Å²) in [7, 11) is 0. The standard InChI is InChI=1S/C41H76FNO9/c1-3-32(45)35(47)31(27-51-39-38(50)37(49)36(48)33(26-44)52-39)43-34(46)24-22-20-18-16-14-12-10-8-6-4-5-7-9-11-13-15-17-19-21-23-25-40-28-41(42,29-40)30(40)2/h30-33,35-39,44-45,47-50H,3-29H2,1-2H3,(H,43,46)/t30-,31+,32-,33?,35+,36?,37?,38?,39?,40?,41?/m1/s1. The zero-order chi connectivity index (χ0) is 38.0. The fraction of sp³-hybridized carbons (Fsp3) is 0.976. The number of nitrogens with one attached hydrogen (secondary N) is 1. The van der Waals surface area contributed by atoms with E-state index in [1.165, 1.54) is 109 Å². The van der Waals surface area contributed by atoms with Crippen molar-refractivity contribution in [3.63, 3.8) is 0 Å². The molecule has 9 atom stereocenters. The van der Waals surface area contributed by atoms with Crippen LogP contribution in [-0.4, -0.2) is 104 Å². The van der Waals surface area contributed by atoms with Crippen molar-refractivity contribution >= 4 is 5.91 Å². The minimum Gasteiger partial charge on any atom is -0.394 e. The van der Waals surface area contributed by atoms with Gasteiger partial charge >= 0.3 is 0 Å². The van der Waals surface area contributed by atoms with E-state index in [1.807, 2.05) is 0 Å². The summed E-state index contributed by atoms with van der Waals surface area (Å²) in [6.07, 6.45) is 19.0. The second-order valence-electron chi connectivity index (χ2n) is 16.7. The zero-order valence-corrected chi connectivity index (χ0v) is 32.6. The molecular formula is C41H76FNO9. The summed E-state index contributed by atoms with van der Waals surface area (Å²) in [5, 5.41) is 63.1. The highest BCUT2D eigenvalue weighted by molar-refractivity contribution is 5.76. The number of aliphatic hydroxyl groups excluding tert-OH is 6. The highest BCUT2D eigenvalue weighted by Crippen LogP contribution is 2.75. The Labute approximate surface area is 313 Å². The highest BCUT2D eigenvalue weighted by atomic mass is 19.1. The molecule has 1 aliphatic heterocycles. The minimum absolute atomic E-state index is 0.251. The first-order valence-electron chi connectivity index (χ1n) is 21.2. The molecule has 4 fully saturated rings. The second-order valence-corrected chi connectivity index (χ2v) is 16.7. The summed E-state index contributed by atoms with van der Waals surface area (Å²) < 4.78 is 24.9. The molecule has 3 saturated carbocycles. The molecule has 0 aromatic carbocycles. The molecule has 0 spiro atoms. The quantitative estimate of drug-likeness (QED) is 0.0413. The van der Waals surface area contributed by atoms with Gasteiger partial charge in [0.1, 0.15) is 36.2 Å². The van der Waals surface area contributed by atoms with Gasteiger partial charge in [0.25, 0.3) is 0 Å². The lowest BCUT2D eigenvalue weighted by atomic mass is 9.35. The Balaban J connectivity index is 1.08. The van der Waals surface area contributed by atoms with Gasteiger partial charge in [-0.25, -0.2) is 4.39 Å². The lowest BCUT2D eigenvalue weighted by Gasteiger charge is -2.72. The van der Waals surface area contributed by atoms with Crippen LogP contribution < -0.4 is 5.32 Å². The third-order valence-corrected chi connectivity index (χ3v) is 12.7. The monoisotopic (exact) mass is 746 g/mol. The summed E-state index contributed by atoms with van der Waals surface area (Å²) >= 11 is 0. The first kappa shape index (κ1) is 45.5. The average Bonchev–Trinajstić information content (AvgIpc) is 3.13. The average molecular weight is 746 g/mol. The van der Waals surface area contributed by atoms with Gasteiger partial charge in [0.05, 0.1) is 25.4 Å². The molecule has 0 radical (unpaired) electrons. The van der Waals surface area contributed by atoms with Crippen LogP contribution in [-0.2, 0) is 14.3 Å². The van der Waals surface area contributed by atoms with Gasteiger partial charge in [-0.1, -0.05) is 136 Å².